The summed E-state index contributed by atoms with van der Waals surface area (Å²) in [6, 6.07) is 10.5. The van der Waals surface area contributed by atoms with E-state index < -0.39 is 17.8 Å². The van der Waals surface area contributed by atoms with Gasteiger partial charge in [0.2, 0.25) is 6.79 Å². The van der Waals surface area contributed by atoms with Gasteiger partial charge in [0, 0.05) is 0 Å². The molecule has 33 heavy (non-hydrogen) atoms. The van der Waals surface area contributed by atoms with E-state index in [0.717, 1.165) is 0 Å². The van der Waals surface area contributed by atoms with Crippen LogP contribution in [0.5, 0.6) is 11.5 Å². The highest BCUT2D eigenvalue weighted by molar-refractivity contribution is 7.07. The van der Waals surface area contributed by atoms with Crippen LogP contribution in [0.2, 0.25) is 0 Å². The summed E-state index contributed by atoms with van der Waals surface area (Å²) in [7, 11) is 0. The molecule has 9 heteroatoms. The van der Waals surface area contributed by atoms with Gasteiger partial charge in [0.05, 0.1) is 28.5 Å². The third-order valence-electron chi connectivity index (χ3n) is 5.38. The van der Waals surface area contributed by atoms with Crippen molar-refractivity contribution in [1.82, 2.24) is 4.57 Å². The van der Waals surface area contributed by atoms with Crippen molar-refractivity contribution in [3.63, 3.8) is 0 Å². The van der Waals surface area contributed by atoms with E-state index in [1.54, 1.807) is 50.3 Å². The summed E-state index contributed by atoms with van der Waals surface area (Å²) in [6.45, 7) is 3.73. The van der Waals surface area contributed by atoms with E-state index in [-0.39, 0.29) is 24.5 Å². The molecule has 1 atom stereocenters. The highest BCUT2D eigenvalue weighted by Gasteiger charge is 2.34. The maximum Gasteiger partial charge on any atom is 0.338 e. The van der Waals surface area contributed by atoms with Gasteiger partial charge in [-0.3, -0.25) is 9.36 Å². The van der Waals surface area contributed by atoms with Crippen molar-refractivity contribution < 1.29 is 23.4 Å². The number of halogens is 1. The predicted octanol–water partition coefficient (Wildman–Crippen LogP) is 2.67. The number of nitrogens with zero attached hydrogens (tertiary/aromatic N) is 2. The Balaban J connectivity index is 1.73. The van der Waals surface area contributed by atoms with E-state index in [1.807, 2.05) is 0 Å². The predicted molar refractivity (Wildman–Crippen MR) is 119 cm³/mol. The largest absolute Gasteiger partial charge is 0.463 e. The first-order valence-electron chi connectivity index (χ1n) is 10.3. The second-order valence-corrected chi connectivity index (χ2v) is 8.48. The summed E-state index contributed by atoms with van der Waals surface area (Å²) in [4.78, 5) is 31.4. The molecule has 0 bridgehead atoms. The van der Waals surface area contributed by atoms with Crippen LogP contribution in [0.15, 0.2) is 63.5 Å². The molecule has 2 aromatic carbocycles. The molecular weight excluding hydrogens is 447 g/mol. The minimum Gasteiger partial charge on any atom is -0.463 e. The number of carbonyl (C=O) groups is 1. The van der Waals surface area contributed by atoms with Crippen molar-refractivity contribution in [2.45, 2.75) is 19.9 Å². The normalized spacial score (nSPS) is 17.1. The Morgan fingerprint density at radius 2 is 2.09 bits per heavy atom. The van der Waals surface area contributed by atoms with E-state index in [9.17, 15) is 14.0 Å². The van der Waals surface area contributed by atoms with Gasteiger partial charge in [-0.15, -0.1) is 0 Å². The van der Waals surface area contributed by atoms with Crippen LogP contribution in [0, 0.1) is 5.82 Å². The van der Waals surface area contributed by atoms with Gasteiger partial charge >= 0.3 is 5.97 Å². The maximum absolute atomic E-state index is 13.7. The quantitative estimate of drug-likeness (QED) is 0.553. The third kappa shape index (κ3) is 3.74. The molecule has 0 N–H and O–H groups in total. The van der Waals surface area contributed by atoms with Crippen LogP contribution < -0.4 is 24.4 Å². The van der Waals surface area contributed by atoms with Crippen LogP contribution in [-0.4, -0.2) is 23.9 Å². The number of aromatic nitrogens is 1. The smallest absolute Gasteiger partial charge is 0.338 e. The summed E-state index contributed by atoms with van der Waals surface area (Å²) < 4.78 is 31.7. The van der Waals surface area contributed by atoms with Gasteiger partial charge < -0.3 is 14.2 Å². The Bertz CT molecular complexity index is 1490. The SMILES string of the molecule is CCOC(=O)C1=C(C)N=c2sc(=Cc3cccc(F)c3)c(=O)n2[C@H]1c1ccc2c(c1)OCO2. The minimum atomic E-state index is -0.760. The zero-order valence-electron chi connectivity index (χ0n) is 17.8. The number of esters is 1. The highest BCUT2D eigenvalue weighted by atomic mass is 32.1. The van der Waals surface area contributed by atoms with Crippen LogP contribution in [0.3, 0.4) is 0 Å². The van der Waals surface area contributed by atoms with E-state index in [0.29, 0.717) is 37.7 Å². The van der Waals surface area contributed by atoms with Gasteiger partial charge in [-0.2, -0.15) is 0 Å². The molecule has 3 heterocycles. The first-order valence-corrected chi connectivity index (χ1v) is 11.1. The zero-order chi connectivity index (χ0) is 23.1. The van der Waals surface area contributed by atoms with Crippen LogP contribution in [0.4, 0.5) is 4.39 Å². The average Bonchev–Trinajstić information content (AvgIpc) is 3.37. The van der Waals surface area contributed by atoms with Gasteiger partial charge in [-0.1, -0.05) is 29.5 Å². The molecule has 2 aliphatic heterocycles. The van der Waals surface area contributed by atoms with E-state index >= 15 is 0 Å². The fourth-order valence-corrected chi connectivity index (χ4v) is 4.98. The van der Waals surface area contributed by atoms with Crippen molar-refractivity contribution >= 4 is 23.4 Å². The second-order valence-electron chi connectivity index (χ2n) is 7.47. The minimum absolute atomic E-state index is 0.106. The number of allylic oxidation sites excluding steroid dienone is 1. The third-order valence-corrected chi connectivity index (χ3v) is 6.36. The molecule has 1 aromatic heterocycles. The number of thiazole rings is 1. The highest BCUT2D eigenvalue weighted by Crippen LogP contribution is 2.38. The molecular formula is C24H19FN2O5S. The molecule has 0 saturated heterocycles. The number of hydrogen-bond acceptors (Lipinski definition) is 7. The molecule has 2 aliphatic rings. The Hall–Kier alpha value is -3.72. The average molecular weight is 466 g/mol. The summed E-state index contributed by atoms with van der Waals surface area (Å²) in [5.41, 5.74) is 1.63. The van der Waals surface area contributed by atoms with Gasteiger partial charge in [-0.05, 0) is 55.3 Å². The molecule has 0 aliphatic carbocycles. The van der Waals surface area contributed by atoms with Crippen LogP contribution in [-0.2, 0) is 9.53 Å². The lowest BCUT2D eigenvalue weighted by Crippen LogP contribution is -2.39. The maximum atomic E-state index is 13.7. The summed E-state index contributed by atoms with van der Waals surface area (Å²) in [5, 5.41) is 0. The Morgan fingerprint density at radius 1 is 1.27 bits per heavy atom. The number of ether oxygens (including phenoxy) is 3. The van der Waals surface area contributed by atoms with Crippen LogP contribution >= 0.6 is 11.3 Å². The van der Waals surface area contributed by atoms with Crippen molar-refractivity contribution in [3.05, 3.63) is 90.4 Å². The van der Waals surface area contributed by atoms with Gasteiger partial charge in [0.25, 0.3) is 5.56 Å². The number of hydrogen-bond donors (Lipinski definition) is 0. The fraction of sp³-hybridized carbons (Fsp3) is 0.208. The topological polar surface area (TPSA) is 79.1 Å². The zero-order valence-corrected chi connectivity index (χ0v) is 18.6. The first kappa shape index (κ1) is 21.1. The summed E-state index contributed by atoms with van der Waals surface area (Å²) >= 11 is 1.18. The van der Waals surface area contributed by atoms with E-state index in [4.69, 9.17) is 14.2 Å². The van der Waals surface area contributed by atoms with Crippen molar-refractivity contribution in [2.75, 3.05) is 13.4 Å². The number of carbonyl (C=O) groups excluding carboxylic acids is 1. The lowest BCUT2D eigenvalue weighted by molar-refractivity contribution is -0.139. The van der Waals surface area contributed by atoms with Gasteiger partial charge in [0.15, 0.2) is 16.3 Å². The number of rotatable bonds is 4. The molecule has 0 radical (unpaired) electrons. The van der Waals surface area contributed by atoms with Gasteiger partial charge in [-0.25, -0.2) is 14.2 Å². The molecule has 168 valence electrons. The fourth-order valence-electron chi connectivity index (χ4n) is 3.94. The van der Waals surface area contributed by atoms with Crippen LogP contribution in [0.25, 0.3) is 6.08 Å². The van der Waals surface area contributed by atoms with Crippen molar-refractivity contribution in [2.24, 2.45) is 4.99 Å². The van der Waals surface area contributed by atoms with E-state index in [2.05, 4.69) is 4.99 Å². The van der Waals surface area contributed by atoms with Crippen molar-refractivity contribution in [3.8, 4) is 11.5 Å². The molecule has 0 spiro atoms. The number of fused-ring (bicyclic) bond motifs is 2. The molecule has 0 saturated carbocycles. The Morgan fingerprint density at radius 3 is 2.88 bits per heavy atom. The molecule has 0 fully saturated rings. The lowest BCUT2D eigenvalue weighted by Gasteiger charge is -2.24. The van der Waals surface area contributed by atoms with E-state index in [1.165, 1.54) is 28.0 Å². The summed E-state index contributed by atoms with van der Waals surface area (Å²) in [5.74, 6) is 0.193. The first-order chi connectivity index (χ1) is 16.0. The molecule has 0 unspecified atom stereocenters. The van der Waals surface area contributed by atoms with Crippen LogP contribution in [0.1, 0.15) is 31.0 Å². The molecule has 3 aromatic rings. The van der Waals surface area contributed by atoms with Gasteiger partial charge in [0.1, 0.15) is 5.82 Å². The number of benzene rings is 2. The Kier molecular flexibility index (Phi) is 5.33. The van der Waals surface area contributed by atoms with Crippen molar-refractivity contribution in [1.29, 1.82) is 0 Å². The standard InChI is InChI=1S/C24H19FN2O5S/c1-3-30-23(29)20-13(2)26-24-27(21(20)15-7-8-17-18(11-15)32-12-31-17)22(28)19(33-24)10-14-5-4-6-16(25)9-14/h4-11,21H,3,12H2,1-2H3/t21-/m0/s1. The second kappa shape index (κ2) is 8.32. The monoisotopic (exact) mass is 466 g/mol. The molecule has 7 nitrogen and oxygen atoms in total. The summed E-state index contributed by atoms with van der Waals surface area (Å²) in [6.07, 6.45) is 1.62. The lowest BCUT2D eigenvalue weighted by atomic mass is 9.95. The molecule has 5 rings (SSSR count). The molecule has 0 amide bonds. The Labute approximate surface area is 191 Å².